The molecule has 4 rings (SSSR count). The van der Waals surface area contributed by atoms with Gasteiger partial charge in [-0.25, -0.2) is 4.98 Å². The third-order valence-electron chi connectivity index (χ3n) is 5.10. The first-order valence-corrected chi connectivity index (χ1v) is 11.7. The Morgan fingerprint density at radius 3 is 2.45 bits per heavy atom. The van der Waals surface area contributed by atoms with Crippen molar-refractivity contribution in [2.75, 3.05) is 12.9 Å². The topological polar surface area (TPSA) is 58.1 Å². The summed E-state index contributed by atoms with van der Waals surface area (Å²) in [7, 11) is 0. The minimum absolute atomic E-state index is 0.0765. The average Bonchev–Trinajstić information content (AvgIpc) is 3.18. The van der Waals surface area contributed by atoms with Crippen molar-refractivity contribution in [3.8, 4) is 16.9 Å². The van der Waals surface area contributed by atoms with Gasteiger partial charge in [0.15, 0.2) is 0 Å². The number of halogens is 5. The van der Waals surface area contributed by atoms with Crippen LogP contribution in [-0.2, 0) is 0 Å². The number of aromatic amines is 1. The van der Waals surface area contributed by atoms with E-state index in [1.165, 1.54) is 18.2 Å². The van der Waals surface area contributed by atoms with Gasteiger partial charge in [0.25, 0.3) is 0 Å². The molecular weight excluding hydrogens is 496 g/mol. The summed E-state index contributed by atoms with van der Waals surface area (Å²) in [6, 6.07) is 14.9. The van der Waals surface area contributed by atoms with Gasteiger partial charge in [-0.05, 0) is 36.1 Å². The van der Waals surface area contributed by atoms with Crippen LogP contribution >= 0.6 is 35.0 Å². The molecule has 10 heteroatoms. The van der Waals surface area contributed by atoms with Crippen molar-refractivity contribution in [2.45, 2.75) is 17.2 Å². The lowest BCUT2D eigenvalue weighted by Gasteiger charge is -2.15. The first-order chi connectivity index (χ1) is 15.7. The van der Waals surface area contributed by atoms with E-state index in [4.69, 9.17) is 23.2 Å². The van der Waals surface area contributed by atoms with E-state index in [9.17, 15) is 18.3 Å². The number of rotatable bonds is 6. The maximum Gasteiger partial charge on any atom is 0.573 e. The highest BCUT2D eigenvalue weighted by Crippen LogP contribution is 2.44. The molecule has 0 aliphatic heterocycles. The van der Waals surface area contributed by atoms with E-state index in [1.807, 2.05) is 30.5 Å². The molecule has 0 fully saturated rings. The molecule has 1 heterocycles. The van der Waals surface area contributed by atoms with E-state index < -0.39 is 18.0 Å². The first-order valence-electron chi connectivity index (χ1n) is 9.69. The first kappa shape index (κ1) is 23.8. The summed E-state index contributed by atoms with van der Waals surface area (Å²) in [4.78, 5) is 8.77. The van der Waals surface area contributed by atoms with Gasteiger partial charge in [0, 0.05) is 16.0 Å². The molecule has 4 aromatic rings. The highest BCUT2D eigenvalue weighted by molar-refractivity contribution is 7.98. The van der Waals surface area contributed by atoms with Gasteiger partial charge >= 0.3 is 6.36 Å². The van der Waals surface area contributed by atoms with Crippen molar-refractivity contribution in [3.05, 3.63) is 76.0 Å². The fraction of sp³-hybridized carbons (Fsp3) is 0.174. The third-order valence-corrected chi connectivity index (χ3v) is 6.51. The van der Waals surface area contributed by atoms with Crippen LogP contribution in [0.25, 0.3) is 22.2 Å². The van der Waals surface area contributed by atoms with Crippen LogP contribution in [0, 0.1) is 0 Å². The van der Waals surface area contributed by atoms with Crippen molar-refractivity contribution >= 4 is 46.0 Å². The standard InChI is InChI=1S/C23H17Cl2F3N2O2S/c1-33-13-8-6-12(7-9-13)15(11-31)22-29-17-10-16(24)19(20(25)21(17)30-22)14-4-2-3-5-18(14)32-23(26,27)28/h2-10,15,31H,11H2,1H3,(H,29,30). The van der Waals surface area contributed by atoms with Crippen molar-refractivity contribution in [1.82, 2.24) is 9.97 Å². The second-order valence-corrected chi connectivity index (χ2v) is 8.78. The largest absolute Gasteiger partial charge is 0.573 e. The van der Waals surface area contributed by atoms with Crippen LogP contribution in [-0.4, -0.2) is 34.3 Å². The zero-order chi connectivity index (χ0) is 23.8. The highest BCUT2D eigenvalue weighted by atomic mass is 35.5. The van der Waals surface area contributed by atoms with Crippen molar-refractivity contribution in [2.24, 2.45) is 0 Å². The number of nitrogens with one attached hydrogen (secondary N) is 1. The van der Waals surface area contributed by atoms with E-state index >= 15 is 0 Å². The Kier molecular flexibility index (Phi) is 6.81. The molecule has 0 saturated heterocycles. The number of imidazole rings is 1. The second-order valence-electron chi connectivity index (χ2n) is 7.12. The molecule has 2 N–H and O–H groups in total. The molecular formula is C23H17Cl2F3N2O2S. The summed E-state index contributed by atoms with van der Waals surface area (Å²) < 4.78 is 42.9. The molecule has 1 atom stereocenters. The second kappa shape index (κ2) is 9.46. The molecule has 0 radical (unpaired) electrons. The maximum atomic E-state index is 12.9. The zero-order valence-electron chi connectivity index (χ0n) is 17.1. The number of alkyl halides is 3. The number of benzene rings is 3. The van der Waals surface area contributed by atoms with Crippen LogP contribution in [0.4, 0.5) is 13.2 Å². The predicted molar refractivity (Wildman–Crippen MR) is 125 cm³/mol. The number of nitrogens with zero attached hydrogens (tertiary/aromatic N) is 1. The monoisotopic (exact) mass is 512 g/mol. The van der Waals surface area contributed by atoms with Crippen molar-refractivity contribution in [1.29, 1.82) is 0 Å². The molecule has 33 heavy (non-hydrogen) atoms. The van der Waals surface area contributed by atoms with Gasteiger partial charge in [-0.1, -0.05) is 53.5 Å². The Hall–Kier alpha value is -2.39. The minimum Gasteiger partial charge on any atom is -0.405 e. The third kappa shape index (κ3) is 4.94. The molecule has 1 aromatic heterocycles. The molecule has 0 spiro atoms. The Morgan fingerprint density at radius 1 is 1.12 bits per heavy atom. The molecule has 0 aliphatic rings. The van der Waals surface area contributed by atoms with E-state index in [1.54, 1.807) is 23.9 Å². The van der Waals surface area contributed by atoms with Gasteiger partial charge in [-0.15, -0.1) is 24.9 Å². The number of hydrogen-bond donors (Lipinski definition) is 2. The molecule has 3 aromatic carbocycles. The van der Waals surface area contributed by atoms with Gasteiger partial charge in [0.2, 0.25) is 0 Å². The van der Waals surface area contributed by atoms with Crippen LogP contribution in [0.2, 0.25) is 10.0 Å². The number of para-hydroxylation sites is 1. The van der Waals surface area contributed by atoms with Crippen LogP contribution in [0.1, 0.15) is 17.3 Å². The lowest BCUT2D eigenvalue weighted by molar-refractivity contribution is -0.274. The van der Waals surface area contributed by atoms with E-state index in [0.717, 1.165) is 10.5 Å². The van der Waals surface area contributed by atoms with Gasteiger partial charge in [-0.3, -0.25) is 0 Å². The normalized spacial score (nSPS) is 12.8. The molecule has 1 unspecified atom stereocenters. The zero-order valence-corrected chi connectivity index (χ0v) is 19.4. The summed E-state index contributed by atoms with van der Waals surface area (Å²) >= 11 is 14.6. The molecule has 0 amide bonds. The lowest BCUT2D eigenvalue weighted by atomic mass is 9.99. The number of aliphatic hydroxyl groups excluding tert-OH is 1. The number of fused-ring (bicyclic) bond motifs is 1. The van der Waals surface area contributed by atoms with Gasteiger partial charge < -0.3 is 14.8 Å². The summed E-state index contributed by atoms with van der Waals surface area (Å²) in [5.74, 6) is -0.419. The number of aromatic nitrogens is 2. The van der Waals surface area contributed by atoms with Gasteiger partial charge in [-0.2, -0.15) is 0 Å². The lowest BCUT2D eigenvalue weighted by Crippen LogP contribution is -2.17. The Bertz CT molecular complexity index is 1290. The molecule has 172 valence electrons. The Labute approximate surface area is 201 Å². The molecule has 0 aliphatic carbocycles. The number of H-pyrrole nitrogens is 1. The number of aliphatic hydroxyl groups is 1. The van der Waals surface area contributed by atoms with E-state index in [-0.39, 0.29) is 27.8 Å². The minimum atomic E-state index is -4.88. The quantitative estimate of drug-likeness (QED) is 0.266. The van der Waals surface area contributed by atoms with Gasteiger partial charge in [0.1, 0.15) is 17.1 Å². The SMILES string of the molecule is CSc1ccc(C(CO)c2nc3c(Cl)c(-c4ccccc4OC(F)(F)F)c(Cl)cc3[nH]2)cc1. The molecule has 0 saturated carbocycles. The summed E-state index contributed by atoms with van der Waals surface area (Å²) in [5.41, 5.74) is 1.93. The number of thioether (sulfide) groups is 1. The molecule has 4 nitrogen and oxygen atoms in total. The summed E-state index contributed by atoms with van der Waals surface area (Å²) in [6.45, 7) is -0.209. The highest BCUT2D eigenvalue weighted by Gasteiger charge is 2.33. The average molecular weight is 513 g/mol. The van der Waals surface area contributed by atoms with E-state index in [2.05, 4.69) is 14.7 Å². The van der Waals surface area contributed by atoms with Crippen molar-refractivity contribution in [3.63, 3.8) is 0 Å². The van der Waals surface area contributed by atoms with Crippen LogP contribution < -0.4 is 4.74 Å². The predicted octanol–water partition coefficient (Wildman–Crippen LogP) is 7.28. The summed E-state index contributed by atoms with van der Waals surface area (Å²) in [5, 5.41) is 10.2. The Morgan fingerprint density at radius 2 is 1.82 bits per heavy atom. The number of hydrogen-bond acceptors (Lipinski definition) is 4. The van der Waals surface area contributed by atoms with Crippen LogP contribution in [0.3, 0.4) is 0 Å². The fourth-order valence-electron chi connectivity index (χ4n) is 3.58. The summed E-state index contributed by atoms with van der Waals surface area (Å²) in [6.07, 6.45) is -2.90. The van der Waals surface area contributed by atoms with Crippen LogP contribution in [0.5, 0.6) is 5.75 Å². The van der Waals surface area contributed by atoms with Gasteiger partial charge in [0.05, 0.1) is 28.1 Å². The maximum absolute atomic E-state index is 12.9. The fourth-order valence-corrected chi connectivity index (χ4v) is 4.69. The smallest absolute Gasteiger partial charge is 0.405 e. The van der Waals surface area contributed by atoms with E-state index in [0.29, 0.717) is 16.9 Å². The number of ether oxygens (including phenoxy) is 1. The van der Waals surface area contributed by atoms with Crippen molar-refractivity contribution < 1.29 is 23.0 Å². The van der Waals surface area contributed by atoms with Crippen LogP contribution in [0.15, 0.2) is 59.5 Å². The Balaban J connectivity index is 1.82. The molecule has 0 bridgehead atoms.